The predicted molar refractivity (Wildman–Crippen MR) is 78.1 cm³/mol. The maximum absolute atomic E-state index is 9.94. The molecule has 4 heteroatoms. The lowest BCUT2D eigenvalue weighted by Crippen LogP contribution is -2.32. The van der Waals surface area contributed by atoms with Gasteiger partial charge in [0.1, 0.15) is 0 Å². The van der Waals surface area contributed by atoms with E-state index in [1.165, 1.54) is 11.3 Å². The van der Waals surface area contributed by atoms with Crippen molar-refractivity contribution in [1.29, 1.82) is 0 Å². The average molecular weight is 277 g/mol. The molecule has 0 saturated heterocycles. The number of hydrogen-bond donors (Lipinski definition) is 2. The zero-order chi connectivity index (χ0) is 13.8. The number of rotatable bonds is 5. The molecule has 0 saturated carbocycles. The van der Waals surface area contributed by atoms with Crippen molar-refractivity contribution in [1.82, 2.24) is 4.98 Å². The van der Waals surface area contributed by atoms with Crippen molar-refractivity contribution >= 4 is 11.3 Å². The summed E-state index contributed by atoms with van der Waals surface area (Å²) in [6, 6.07) is 9.95. The Balaban J connectivity index is 2.06. The summed E-state index contributed by atoms with van der Waals surface area (Å²) in [5, 5.41) is 22.6. The smallest absolute Gasteiger partial charge is 0.0959 e. The Hall–Kier alpha value is -1.23. The van der Waals surface area contributed by atoms with Gasteiger partial charge in [-0.25, -0.2) is 4.98 Å². The number of aliphatic hydroxyl groups excluding tert-OH is 2. The Morgan fingerprint density at radius 3 is 2.47 bits per heavy atom. The first-order chi connectivity index (χ1) is 9.08. The van der Waals surface area contributed by atoms with Gasteiger partial charge in [0.25, 0.3) is 0 Å². The second kappa shape index (κ2) is 6.28. The Morgan fingerprint density at radius 1 is 1.16 bits per heavy atom. The van der Waals surface area contributed by atoms with Gasteiger partial charge in [-0.2, -0.15) is 0 Å². The molecule has 0 amide bonds. The summed E-state index contributed by atoms with van der Waals surface area (Å²) in [4.78, 5) is 4.51. The second-order valence-corrected chi connectivity index (χ2v) is 5.94. The summed E-state index contributed by atoms with van der Waals surface area (Å²) in [6.07, 6.45) is -1.06. The van der Waals surface area contributed by atoms with Crippen LogP contribution >= 0.6 is 11.3 Å². The molecular weight excluding hydrogens is 258 g/mol. The molecular formula is C15H19NO2S. The molecule has 0 spiro atoms. The van der Waals surface area contributed by atoms with E-state index in [1.54, 1.807) is 0 Å². The molecule has 0 aliphatic heterocycles. The van der Waals surface area contributed by atoms with Crippen LogP contribution in [-0.2, 0) is 6.42 Å². The highest BCUT2D eigenvalue weighted by Crippen LogP contribution is 2.23. The highest BCUT2D eigenvalue weighted by molar-refractivity contribution is 7.09. The molecule has 2 atom stereocenters. The molecule has 1 aromatic heterocycles. The van der Waals surface area contributed by atoms with E-state index in [9.17, 15) is 10.2 Å². The van der Waals surface area contributed by atoms with Crippen molar-refractivity contribution in [3.05, 3.63) is 40.7 Å². The van der Waals surface area contributed by atoms with Gasteiger partial charge in [-0.1, -0.05) is 44.2 Å². The summed E-state index contributed by atoms with van der Waals surface area (Å²) in [6.45, 7) is 3.79. The second-order valence-electron chi connectivity index (χ2n) is 5.00. The summed E-state index contributed by atoms with van der Waals surface area (Å²) in [7, 11) is 0. The molecule has 2 N–H and O–H groups in total. The first kappa shape index (κ1) is 14.2. The molecule has 2 unspecified atom stereocenters. The highest BCUT2D eigenvalue weighted by Gasteiger charge is 2.21. The molecule has 2 aromatic rings. The fourth-order valence-corrected chi connectivity index (χ4v) is 2.74. The van der Waals surface area contributed by atoms with E-state index in [-0.39, 0.29) is 5.92 Å². The molecule has 0 aliphatic rings. The number of hydrogen-bond acceptors (Lipinski definition) is 4. The maximum Gasteiger partial charge on any atom is 0.0959 e. The monoisotopic (exact) mass is 277 g/mol. The third kappa shape index (κ3) is 3.62. The fraction of sp³-hybridized carbons (Fsp3) is 0.400. The lowest BCUT2D eigenvalue weighted by Gasteiger charge is -2.19. The van der Waals surface area contributed by atoms with Gasteiger partial charge in [-0.05, 0) is 5.92 Å². The molecule has 0 radical (unpaired) electrons. The van der Waals surface area contributed by atoms with Crippen LogP contribution in [-0.4, -0.2) is 27.4 Å². The van der Waals surface area contributed by atoms with Gasteiger partial charge in [0, 0.05) is 17.4 Å². The number of thiazole rings is 1. The first-order valence-corrected chi connectivity index (χ1v) is 7.32. The van der Waals surface area contributed by atoms with Crippen molar-refractivity contribution in [3.8, 4) is 11.3 Å². The van der Waals surface area contributed by atoms with Gasteiger partial charge in [-0.3, -0.25) is 0 Å². The molecule has 0 fully saturated rings. The molecule has 1 heterocycles. The van der Waals surface area contributed by atoms with Crippen LogP contribution in [0.25, 0.3) is 11.3 Å². The fourth-order valence-electron chi connectivity index (χ4n) is 1.89. The predicted octanol–water partition coefficient (Wildman–Crippen LogP) is 2.73. The minimum atomic E-state index is -0.755. The van der Waals surface area contributed by atoms with Crippen LogP contribution in [0.5, 0.6) is 0 Å². The van der Waals surface area contributed by atoms with Gasteiger partial charge in [0.15, 0.2) is 0 Å². The van der Waals surface area contributed by atoms with Crippen molar-refractivity contribution in [3.63, 3.8) is 0 Å². The lowest BCUT2D eigenvalue weighted by molar-refractivity contribution is -0.00732. The summed E-state index contributed by atoms with van der Waals surface area (Å²) in [5.41, 5.74) is 2.00. The third-order valence-electron chi connectivity index (χ3n) is 3.08. The Labute approximate surface area is 117 Å². The van der Waals surface area contributed by atoms with Crippen LogP contribution in [0.3, 0.4) is 0 Å². The molecule has 2 rings (SSSR count). The zero-order valence-corrected chi connectivity index (χ0v) is 12.0. The van der Waals surface area contributed by atoms with Gasteiger partial charge in [0.2, 0.25) is 0 Å². The minimum Gasteiger partial charge on any atom is -0.390 e. The summed E-state index contributed by atoms with van der Waals surface area (Å²) < 4.78 is 0. The number of aromatic nitrogens is 1. The van der Waals surface area contributed by atoms with Crippen LogP contribution in [0.1, 0.15) is 18.9 Å². The lowest BCUT2D eigenvalue weighted by atomic mass is 10.00. The number of aliphatic hydroxyl groups is 2. The van der Waals surface area contributed by atoms with E-state index in [1.807, 2.05) is 49.6 Å². The van der Waals surface area contributed by atoms with Crippen molar-refractivity contribution in [2.24, 2.45) is 5.92 Å². The Kier molecular flexibility index (Phi) is 4.69. The van der Waals surface area contributed by atoms with Crippen molar-refractivity contribution < 1.29 is 10.2 Å². The van der Waals surface area contributed by atoms with E-state index in [0.29, 0.717) is 6.42 Å². The summed E-state index contributed by atoms with van der Waals surface area (Å²) in [5.74, 6) is 0.0450. The molecule has 19 heavy (non-hydrogen) atoms. The van der Waals surface area contributed by atoms with Crippen molar-refractivity contribution in [2.45, 2.75) is 32.5 Å². The maximum atomic E-state index is 9.94. The van der Waals surface area contributed by atoms with Gasteiger partial charge in [0.05, 0.1) is 22.9 Å². The first-order valence-electron chi connectivity index (χ1n) is 6.44. The van der Waals surface area contributed by atoms with Crippen LogP contribution in [0.2, 0.25) is 0 Å². The highest BCUT2D eigenvalue weighted by atomic mass is 32.1. The average Bonchev–Trinajstić information content (AvgIpc) is 2.87. The molecule has 102 valence electrons. The van der Waals surface area contributed by atoms with E-state index in [4.69, 9.17) is 0 Å². The standard InChI is InChI=1S/C15H19NO2S/c1-10(2)15(18)13(17)8-14-16-12(9-19-14)11-6-4-3-5-7-11/h3-7,9-10,13,15,17-18H,8H2,1-2H3. The van der Waals surface area contributed by atoms with Gasteiger partial charge < -0.3 is 10.2 Å². The third-order valence-corrected chi connectivity index (χ3v) is 3.95. The Bertz CT molecular complexity index is 510. The number of benzene rings is 1. The SMILES string of the molecule is CC(C)C(O)C(O)Cc1nc(-c2ccccc2)cs1. The van der Waals surface area contributed by atoms with E-state index in [0.717, 1.165) is 16.3 Å². The molecule has 3 nitrogen and oxygen atoms in total. The Morgan fingerprint density at radius 2 is 1.84 bits per heavy atom. The van der Waals surface area contributed by atoms with E-state index >= 15 is 0 Å². The van der Waals surface area contributed by atoms with Crippen LogP contribution < -0.4 is 0 Å². The van der Waals surface area contributed by atoms with E-state index < -0.39 is 12.2 Å². The minimum absolute atomic E-state index is 0.0450. The van der Waals surface area contributed by atoms with Crippen LogP contribution in [0.4, 0.5) is 0 Å². The largest absolute Gasteiger partial charge is 0.390 e. The molecule has 1 aromatic carbocycles. The zero-order valence-electron chi connectivity index (χ0n) is 11.2. The van der Waals surface area contributed by atoms with Crippen LogP contribution in [0.15, 0.2) is 35.7 Å². The summed E-state index contributed by atoms with van der Waals surface area (Å²) >= 11 is 1.52. The number of nitrogens with zero attached hydrogens (tertiary/aromatic N) is 1. The molecule has 0 bridgehead atoms. The van der Waals surface area contributed by atoms with Crippen molar-refractivity contribution in [2.75, 3.05) is 0 Å². The van der Waals surface area contributed by atoms with Gasteiger partial charge >= 0.3 is 0 Å². The van der Waals surface area contributed by atoms with E-state index in [2.05, 4.69) is 4.98 Å². The topological polar surface area (TPSA) is 53.4 Å². The molecule has 0 aliphatic carbocycles. The van der Waals surface area contributed by atoms with Gasteiger partial charge in [-0.15, -0.1) is 11.3 Å². The van der Waals surface area contributed by atoms with Crippen LogP contribution in [0, 0.1) is 5.92 Å². The normalized spacial score (nSPS) is 14.6. The quantitative estimate of drug-likeness (QED) is 0.883.